The minimum absolute atomic E-state index is 0.523. The smallest absolute Gasteiger partial charge is 0.0737 e. The first kappa shape index (κ1) is 25.3. The van der Waals surface area contributed by atoms with Crippen LogP contribution in [0, 0.1) is 0 Å². The lowest BCUT2D eigenvalue weighted by atomic mass is 9.69. The van der Waals surface area contributed by atoms with Crippen LogP contribution in [0.3, 0.4) is 0 Å². The topological polar surface area (TPSA) is 38.7 Å². The van der Waals surface area contributed by atoms with Crippen molar-refractivity contribution in [3.05, 3.63) is 173 Å². The van der Waals surface area contributed by atoms with E-state index in [9.17, 15) is 0 Å². The molecule has 0 radical (unpaired) electrons. The van der Waals surface area contributed by atoms with E-state index in [0.29, 0.717) is 0 Å². The first-order valence-electron chi connectivity index (χ1n) is 14.7. The summed E-state index contributed by atoms with van der Waals surface area (Å²) in [7, 11) is 0. The molecular weight excluding hydrogens is 602 g/mol. The molecule has 4 aromatic carbocycles. The quantitative estimate of drug-likeness (QED) is 0.196. The van der Waals surface area contributed by atoms with Gasteiger partial charge in [-0.1, -0.05) is 64.5 Å². The standard InChI is InChI=1S/C40H24BrN3/c41-38-3-1-2-34-33-9-6-30(27-14-20-44-21-15-27)24-37(33)40(39(34)38)35-22-28(25-10-16-42-17-11-25)4-7-31(35)32-8-5-29(23-36(32)40)26-12-18-43-19-13-26/h1-24H. The highest BCUT2D eigenvalue weighted by molar-refractivity contribution is 9.10. The van der Waals surface area contributed by atoms with Gasteiger partial charge < -0.3 is 0 Å². The summed E-state index contributed by atoms with van der Waals surface area (Å²) >= 11 is 4.06. The summed E-state index contributed by atoms with van der Waals surface area (Å²) in [6.07, 6.45) is 11.2. The fraction of sp³-hybridized carbons (Fsp3) is 0.0250. The molecule has 9 rings (SSSR count). The van der Waals surface area contributed by atoms with Gasteiger partial charge in [-0.25, -0.2) is 0 Å². The number of hydrogen-bond donors (Lipinski definition) is 0. The average Bonchev–Trinajstić information content (AvgIpc) is 3.56. The van der Waals surface area contributed by atoms with Crippen molar-refractivity contribution < 1.29 is 0 Å². The molecule has 0 unspecified atom stereocenters. The van der Waals surface area contributed by atoms with Gasteiger partial charge >= 0.3 is 0 Å². The van der Waals surface area contributed by atoms with Crippen LogP contribution >= 0.6 is 15.9 Å². The Morgan fingerprint density at radius 2 is 0.773 bits per heavy atom. The van der Waals surface area contributed by atoms with Crippen LogP contribution in [0.2, 0.25) is 0 Å². The van der Waals surface area contributed by atoms with E-state index in [1.54, 1.807) is 0 Å². The Balaban J connectivity index is 1.42. The zero-order valence-electron chi connectivity index (χ0n) is 23.6. The van der Waals surface area contributed by atoms with Gasteiger partial charge in [0.15, 0.2) is 0 Å². The number of benzene rings is 4. The first-order valence-corrected chi connectivity index (χ1v) is 15.5. The van der Waals surface area contributed by atoms with Crippen molar-refractivity contribution in [1.82, 2.24) is 15.0 Å². The van der Waals surface area contributed by atoms with Crippen molar-refractivity contribution in [2.24, 2.45) is 0 Å². The number of fused-ring (bicyclic) bond motifs is 10. The second kappa shape index (κ2) is 9.66. The molecule has 0 saturated carbocycles. The van der Waals surface area contributed by atoms with E-state index in [4.69, 9.17) is 0 Å². The van der Waals surface area contributed by atoms with Crippen LogP contribution in [0.1, 0.15) is 22.3 Å². The summed E-state index contributed by atoms with van der Waals surface area (Å²) < 4.78 is 1.11. The third-order valence-electron chi connectivity index (χ3n) is 9.28. The molecule has 2 aliphatic rings. The fourth-order valence-electron chi connectivity index (χ4n) is 7.41. The summed E-state index contributed by atoms with van der Waals surface area (Å²) in [6.45, 7) is 0. The van der Waals surface area contributed by atoms with Crippen molar-refractivity contribution >= 4 is 15.9 Å². The van der Waals surface area contributed by atoms with E-state index in [1.807, 2.05) is 37.2 Å². The molecule has 1 spiro atoms. The number of hydrogen-bond acceptors (Lipinski definition) is 3. The van der Waals surface area contributed by atoms with Crippen LogP contribution in [-0.2, 0) is 5.41 Å². The van der Waals surface area contributed by atoms with Crippen molar-refractivity contribution in [2.45, 2.75) is 5.41 Å². The Morgan fingerprint density at radius 1 is 0.386 bits per heavy atom. The molecule has 44 heavy (non-hydrogen) atoms. The Hall–Kier alpha value is -5.19. The van der Waals surface area contributed by atoms with Crippen LogP contribution in [0.15, 0.2) is 151 Å². The molecule has 0 aliphatic heterocycles. The first-order chi connectivity index (χ1) is 21.7. The van der Waals surface area contributed by atoms with Gasteiger partial charge in [0, 0.05) is 41.7 Å². The van der Waals surface area contributed by atoms with Gasteiger partial charge in [-0.3, -0.25) is 15.0 Å². The monoisotopic (exact) mass is 625 g/mol. The summed E-state index contributed by atoms with van der Waals surface area (Å²) in [5.74, 6) is 0. The van der Waals surface area contributed by atoms with Crippen LogP contribution in [0.25, 0.3) is 55.6 Å². The highest BCUT2D eigenvalue weighted by Crippen LogP contribution is 2.65. The largest absolute Gasteiger partial charge is 0.265 e. The van der Waals surface area contributed by atoms with E-state index in [1.165, 1.54) is 61.2 Å². The molecule has 0 atom stereocenters. The fourth-order valence-corrected chi connectivity index (χ4v) is 8.07. The molecule has 2 aliphatic carbocycles. The number of nitrogens with zero attached hydrogens (tertiary/aromatic N) is 3. The van der Waals surface area contributed by atoms with E-state index >= 15 is 0 Å². The Labute approximate surface area is 264 Å². The second-order valence-electron chi connectivity index (χ2n) is 11.4. The molecule has 0 saturated heterocycles. The molecule has 0 fully saturated rings. The molecule has 4 heteroatoms. The molecule has 0 N–H and O–H groups in total. The molecule has 3 aromatic heterocycles. The minimum Gasteiger partial charge on any atom is -0.265 e. The third kappa shape index (κ3) is 3.52. The lowest BCUT2D eigenvalue weighted by Crippen LogP contribution is -2.26. The molecule has 0 amide bonds. The maximum atomic E-state index is 4.28. The van der Waals surface area contributed by atoms with Gasteiger partial charge in [-0.05, 0) is 139 Å². The third-order valence-corrected chi connectivity index (χ3v) is 9.94. The Morgan fingerprint density at radius 3 is 1.18 bits per heavy atom. The van der Waals surface area contributed by atoms with Gasteiger partial charge in [0.1, 0.15) is 0 Å². The minimum atomic E-state index is -0.523. The zero-order chi connectivity index (χ0) is 29.3. The molecule has 206 valence electrons. The van der Waals surface area contributed by atoms with Crippen molar-refractivity contribution in [2.75, 3.05) is 0 Å². The van der Waals surface area contributed by atoms with Crippen LogP contribution < -0.4 is 0 Å². The Kier molecular flexibility index (Phi) is 5.56. The van der Waals surface area contributed by atoms with E-state index < -0.39 is 5.41 Å². The number of pyridine rings is 3. The number of aromatic nitrogens is 3. The predicted octanol–water partition coefficient (Wildman–Crippen LogP) is 9.98. The maximum Gasteiger partial charge on any atom is 0.0737 e. The summed E-state index contributed by atoms with van der Waals surface area (Å²) in [5, 5.41) is 0. The molecule has 3 nitrogen and oxygen atoms in total. The molecule has 7 aromatic rings. The van der Waals surface area contributed by atoms with Crippen molar-refractivity contribution in [3.63, 3.8) is 0 Å². The SMILES string of the molecule is Brc1cccc2c1C1(c3cc(-c4ccncc4)ccc3-c3ccc(-c4ccncc4)cc31)c1cc(-c3ccncc3)ccc1-2. The molecule has 3 heterocycles. The normalized spacial score (nSPS) is 13.3. The van der Waals surface area contributed by atoms with Gasteiger partial charge in [0.2, 0.25) is 0 Å². The summed E-state index contributed by atoms with van der Waals surface area (Å²) in [6, 6.07) is 40.1. The molecular formula is C40H24BrN3. The summed E-state index contributed by atoms with van der Waals surface area (Å²) in [4.78, 5) is 12.8. The average molecular weight is 627 g/mol. The highest BCUT2D eigenvalue weighted by atomic mass is 79.9. The van der Waals surface area contributed by atoms with Gasteiger partial charge in [-0.15, -0.1) is 0 Å². The van der Waals surface area contributed by atoms with Crippen LogP contribution in [-0.4, -0.2) is 15.0 Å². The summed E-state index contributed by atoms with van der Waals surface area (Å²) in [5.41, 5.74) is 16.7. The second-order valence-corrected chi connectivity index (χ2v) is 12.3. The van der Waals surface area contributed by atoms with Crippen LogP contribution in [0.4, 0.5) is 0 Å². The van der Waals surface area contributed by atoms with Crippen molar-refractivity contribution in [3.8, 4) is 55.6 Å². The van der Waals surface area contributed by atoms with E-state index in [2.05, 4.69) is 140 Å². The van der Waals surface area contributed by atoms with Crippen LogP contribution in [0.5, 0.6) is 0 Å². The van der Waals surface area contributed by atoms with Gasteiger partial charge in [-0.2, -0.15) is 0 Å². The van der Waals surface area contributed by atoms with Gasteiger partial charge in [0.05, 0.1) is 5.41 Å². The maximum absolute atomic E-state index is 4.28. The lowest BCUT2D eigenvalue weighted by molar-refractivity contribution is 0.790. The Bertz CT molecular complexity index is 2070. The number of rotatable bonds is 3. The van der Waals surface area contributed by atoms with Gasteiger partial charge in [0.25, 0.3) is 0 Å². The molecule has 0 bridgehead atoms. The zero-order valence-corrected chi connectivity index (χ0v) is 25.2. The van der Waals surface area contributed by atoms with E-state index in [0.717, 1.165) is 21.2 Å². The van der Waals surface area contributed by atoms with Crippen molar-refractivity contribution in [1.29, 1.82) is 0 Å². The van der Waals surface area contributed by atoms with E-state index in [-0.39, 0.29) is 0 Å². The number of halogens is 1. The highest BCUT2D eigenvalue weighted by Gasteiger charge is 2.53. The predicted molar refractivity (Wildman–Crippen MR) is 180 cm³/mol. The lowest BCUT2D eigenvalue weighted by Gasteiger charge is -2.32.